The van der Waals surface area contributed by atoms with Gasteiger partial charge in [0.2, 0.25) is 0 Å². The molecular weight excluding hydrogens is 300 g/mol. The zero-order valence-electron chi connectivity index (χ0n) is 13.5. The smallest absolute Gasteiger partial charge is 0.129 e. The van der Waals surface area contributed by atoms with Gasteiger partial charge in [0.15, 0.2) is 0 Å². The second-order valence-electron chi connectivity index (χ2n) is 6.69. The van der Waals surface area contributed by atoms with Gasteiger partial charge in [-0.15, -0.1) is 11.8 Å². The highest BCUT2D eigenvalue weighted by Crippen LogP contribution is 2.60. The summed E-state index contributed by atoms with van der Waals surface area (Å²) >= 11 is 2.05. The summed E-state index contributed by atoms with van der Waals surface area (Å²) in [4.78, 5) is 0. The van der Waals surface area contributed by atoms with Crippen molar-refractivity contribution >= 4 is 11.8 Å². The van der Waals surface area contributed by atoms with Crippen LogP contribution in [0.1, 0.15) is 55.1 Å². The Morgan fingerprint density at radius 1 is 0.826 bits per heavy atom. The SMILES string of the molecule is c1ccc([C@H]2O[C@@H]3CCCCCC[C@]3(c3ccccc3)S2)cc1. The third-order valence-electron chi connectivity index (χ3n) is 5.22. The molecule has 1 heterocycles. The second-order valence-corrected chi connectivity index (χ2v) is 8.09. The predicted molar refractivity (Wildman–Crippen MR) is 97.5 cm³/mol. The Hall–Kier alpha value is -1.25. The van der Waals surface area contributed by atoms with E-state index in [9.17, 15) is 0 Å². The van der Waals surface area contributed by atoms with Gasteiger partial charge in [-0.2, -0.15) is 0 Å². The predicted octanol–water partition coefficient (Wildman–Crippen LogP) is 6.07. The molecule has 4 rings (SSSR count). The molecule has 0 N–H and O–H groups in total. The fraction of sp³-hybridized carbons (Fsp3) is 0.429. The number of hydrogen-bond donors (Lipinski definition) is 0. The highest BCUT2D eigenvalue weighted by atomic mass is 32.2. The Morgan fingerprint density at radius 2 is 1.52 bits per heavy atom. The molecule has 3 atom stereocenters. The number of ether oxygens (including phenoxy) is 1. The van der Waals surface area contributed by atoms with Gasteiger partial charge >= 0.3 is 0 Å². The van der Waals surface area contributed by atoms with Crippen LogP contribution in [0.5, 0.6) is 0 Å². The van der Waals surface area contributed by atoms with Gasteiger partial charge in [0.25, 0.3) is 0 Å². The van der Waals surface area contributed by atoms with Crippen LogP contribution in [0.3, 0.4) is 0 Å². The average molecular weight is 324 g/mol. The first-order valence-electron chi connectivity index (χ1n) is 8.82. The van der Waals surface area contributed by atoms with E-state index in [2.05, 4.69) is 60.7 Å². The van der Waals surface area contributed by atoms with Gasteiger partial charge in [-0.05, 0) is 24.0 Å². The van der Waals surface area contributed by atoms with Gasteiger partial charge in [-0.3, -0.25) is 0 Å². The standard InChI is InChI=1S/C21H24OS/c1-2-10-16-21(18-13-7-4-8-14-18)19(15-9-1)22-20(23-21)17-11-5-3-6-12-17/h3-8,11-14,19-20H,1-2,9-10,15-16H2/t19-,20+,21-/m1/s1. The Morgan fingerprint density at radius 3 is 2.30 bits per heavy atom. The molecule has 2 aromatic rings. The average Bonchev–Trinajstić information content (AvgIpc) is 2.96. The quantitative estimate of drug-likeness (QED) is 0.663. The van der Waals surface area contributed by atoms with Gasteiger partial charge in [-0.1, -0.05) is 86.3 Å². The van der Waals surface area contributed by atoms with E-state index >= 15 is 0 Å². The topological polar surface area (TPSA) is 9.23 Å². The molecule has 1 nitrogen and oxygen atoms in total. The van der Waals surface area contributed by atoms with E-state index < -0.39 is 0 Å². The minimum atomic E-state index is 0.127. The highest BCUT2D eigenvalue weighted by Gasteiger charge is 2.50. The lowest BCUT2D eigenvalue weighted by Gasteiger charge is -2.35. The minimum Gasteiger partial charge on any atom is -0.358 e. The van der Waals surface area contributed by atoms with Crippen molar-refractivity contribution in [2.75, 3.05) is 0 Å². The van der Waals surface area contributed by atoms with Crippen LogP contribution in [0.15, 0.2) is 60.7 Å². The first-order chi connectivity index (χ1) is 11.4. The Labute approximate surface area is 143 Å². The third kappa shape index (κ3) is 2.95. The molecule has 0 amide bonds. The van der Waals surface area contributed by atoms with Crippen molar-refractivity contribution in [2.24, 2.45) is 0 Å². The molecule has 0 spiro atoms. The third-order valence-corrected chi connectivity index (χ3v) is 6.94. The molecule has 1 aliphatic heterocycles. The molecule has 2 aliphatic rings. The van der Waals surface area contributed by atoms with Crippen molar-refractivity contribution in [1.29, 1.82) is 0 Å². The van der Waals surface area contributed by atoms with Crippen molar-refractivity contribution < 1.29 is 4.74 Å². The largest absolute Gasteiger partial charge is 0.358 e. The van der Waals surface area contributed by atoms with E-state index in [1.165, 1.54) is 49.7 Å². The van der Waals surface area contributed by atoms with Crippen LogP contribution in [0.2, 0.25) is 0 Å². The van der Waals surface area contributed by atoms with Crippen molar-refractivity contribution in [2.45, 2.75) is 54.8 Å². The molecule has 2 aromatic carbocycles. The fourth-order valence-corrected chi connectivity index (χ4v) is 5.75. The van der Waals surface area contributed by atoms with Crippen molar-refractivity contribution in [3.8, 4) is 0 Å². The number of fused-ring (bicyclic) bond motifs is 1. The Kier molecular flexibility index (Phi) is 4.46. The van der Waals surface area contributed by atoms with E-state index in [4.69, 9.17) is 4.74 Å². The molecule has 2 heteroatoms. The first-order valence-corrected chi connectivity index (χ1v) is 9.70. The van der Waals surface area contributed by atoms with E-state index in [1.54, 1.807) is 0 Å². The summed E-state index contributed by atoms with van der Waals surface area (Å²) < 4.78 is 6.73. The molecule has 23 heavy (non-hydrogen) atoms. The van der Waals surface area contributed by atoms with Crippen LogP contribution in [-0.4, -0.2) is 6.10 Å². The highest BCUT2D eigenvalue weighted by molar-refractivity contribution is 8.00. The number of rotatable bonds is 2. The number of thioether (sulfide) groups is 1. The summed E-state index contributed by atoms with van der Waals surface area (Å²) in [6.45, 7) is 0. The van der Waals surface area contributed by atoms with Crippen LogP contribution >= 0.6 is 11.8 Å². The molecule has 0 bridgehead atoms. The van der Waals surface area contributed by atoms with Crippen molar-refractivity contribution in [3.05, 3.63) is 71.8 Å². The van der Waals surface area contributed by atoms with Gasteiger partial charge in [0, 0.05) is 0 Å². The van der Waals surface area contributed by atoms with E-state index in [0.29, 0.717) is 6.10 Å². The molecular formula is C21H24OS. The lowest BCUT2D eigenvalue weighted by molar-refractivity contribution is 0.0187. The van der Waals surface area contributed by atoms with Crippen LogP contribution in [0, 0.1) is 0 Å². The monoisotopic (exact) mass is 324 g/mol. The van der Waals surface area contributed by atoms with Crippen LogP contribution in [0.4, 0.5) is 0 Å². The minimum absolute atomic E-state index is 0.127. The molecule has 0 aromatic heterocycles. The normalized spacial score (nSPS) is 31.1. The van der Waals surface area contributed by atoms with E-state index in [-0.39, 0.29) is 10.2 Å². The van der Waals surface area contributed by atoms with Crippen molar-refractivity contribution in [1.82, 2.24) is 0 Å². The fourth-order valence-electron chi connectivity index (χ4n) is 4.02. The number of benzene rings is 2. The molecule has 1 saturated heterocycles. The maximum absolute atomic E-state index is 6.61. The summed E-state index contributed by atoms with van der Waals surface area (Å²) in [5.74, 6) is 0. The van der Waals surface area contributed by atoms with Crippen molar-refractivity contribution in [3.63, 3.8) is 0 Å². The summed E-state index contributed by atoms with van der Waals surface area (Å²) in [5, 5.41) is 0. The molecule has 0 radical (unpaired) electrons. The second kappa shape index (κ2) is 6.70. The molecule has 1 saturated carbocycles. The maximum atomic E-state index is 6.61. The lowest BCUT2D eigenvalue weighted by Crippen LogP contribution is -2.34. The number of hydrogen-bond acceptors (Lipinski definition) is 2. The summed E-state index contributed by atoms with van der Waals surface area (Å²) in [5.41, 5.74) is 2.93. The molecule has 120 valence electrons. The maximum Gasteiger partial charge on any atom is 0.129 e. The van der Waals surface area contributed by atoms with Gasteiger partial charge in [-0.25, -0.2) is 0 Å². The Bertz CT molecular complexity index is 627. The van der Waals surface area contributed by atoms with Crippen LogP contribution in [0.25, 0.3) is 0 Å². The molecule has 1 aliphatic carbocycles. The zero-order valence-corrected chi connectivity index (χ0v) is 14.3. The molecule has 2 fully saturated rings. The van der Waals surface area contributed by atoms with Gasteiger partial charge < -0.3 is 4.74 Å². The summed E-state index contributed by atoms with van der Waals surface area (Å²) in [6, 6.07) is 21.8. The van der Waals surface area contributed by atoms with E-state index in [1.807, 2.05) is 11.8 Å². The van der Waals surface area contributed by atoms with E-state index in [0.717, 1.165) is 0 Å². The Balaban J connectivity index is 1.71. The van der Waals surface area contributed by atoms with Crippen LogP contribution < -0.4 is 0 Å². The summed E-state index contributed by atoms with van der Waals surface area (Å²) in [6.07, 6.45) is 8.06. The van der Waals surface area contributed by atoms with Crippen LogP contribution in [-0.2, 0) is 9.48 Å². The lowest BCUT2D eigenvalue weighted by atomic mass is 9.82. The zero-order chi connectivity index (χ0) is 15.5. The molecule has 0 unspecified atom stereocenters. The first kappa shape index (κ1) is 15.3. The van der Waals surface area contributed by atoms with Gasteiger partial charge in [0.05, 0.1) is 10.9 Å². The summed E-state index contributed by atoms with van der Waals surface area (Å²) in [7, 11) is 0. The van der Waals surface area contributed by atoms with Gasteiger partial charge in [0.1, 0.15) is 5.44 Å².